The van der Waals surface area contributed by atoms with Crippen LogP contribution in [0, 0.1) is 10.1 Å². The molecule has 0 radical (unpaired) electrons. The van der Waals surface area contributed by atoms with E-state index in [1.165, 1.54) is 24.4 Å². The van der Waals surface area contributed by atoms with Gasteiger partial charge in [-0.2, -0.15) is 5.10 Å². The van der Waals surface area contributed by atoms with Crippen LogP contribution in [0.3, 0.4) is 0 Å². The standard InChI is InChI=1S/C12H11ClN4O3/c13-9-7-15-16(8-9)6-5-14-12(18)10-3-1-2-4-11(10)17(19)20/h1-4,7-8H,5-6H2,(H,14,18). The third-order valence-electron chi connectivity index (χ3n) is 2.57. The molecular weight excluding hydrogens is 284 g/mol. The second-order valence-electron chi connectivity index (χ2n) is 3.95. The molecule has 1 aromatic heterocycles. The molecular formula is C12H11ClN4O3. The minimum atomic E-state index is -0.581. The van der Waals surface area contributed by atoms with Crippen LogP contribution in [-0.4, -0.2) is 27.2 Å². The molecule has 0 aliphatic rings. The molecule has 0 bridgehead atoms. The van der Waals surface area contributed by atoms with E-state index in [1.54, 1.807) is 16.9 Å². The summed E-state index contributed by atoms with van der Waals surface area (Å²) < 4.78 is 1.57. The summed E-state index contributed by atoms with van der Waals surface area (Å²) in [5, 5.41) is 17.9. The van der Waals surface area contributed by atoms with Gasteiger partial charge in [0.15, 0.2) is 0 Å². The van der Waals surface area contributed by atoms with Gasteiger partial charge in [0.25, 0.3) is 11.6 Å². The van der Waals surface area contributed by atoms with E-state index in [1.807, 2.05) is 0 Å². The molecule has 0 spiro atoms. The molecule has 0 saturated heterocycles. The molecule has 0 unspecified atom stereocenters. The van der Waals surface area contributed by atoms with Gasteiger partial charge in [-0.05, 0) is 6.07 Å². The third-order valence-corrected chi connectivity index (χ3v) is 2.77. The van der Waals surface area contributed by atoms with Gasteiger partial charge in [-0.3, -0.25) is 19.6 Å². The van der Waals surface area contributed by atoms with Crippen molar-refractivity contribution in [3.63, 3.8) is 0 Å². The lowest BCUT2D eigenvalue weighted by molar-refractivity contribution is -0.385. The smallest absolute Gasteiger partial charge is 0.282 e. The van der Waals surface area contributed by atoms with Crippen LogP contribution in [0.4, 0.5) is 5.69 Å². The van der Waals surface area contributed by atoms with Crippen molar-refractivity contribution < 1.29 is 9.72 Å². The van der Waals surface area contributed by atoms with Crippen molar-refractivity contribution in [1.82, 2.24) is 15.1 Å². The predicted molar refractivity (Wildman–Crippen MR) is 72.7 cm³/mol. The van der Waals surface area contributed by atoms with Crippen LogP contribution < -0.4 is 5.32 Å². The SMILES string of the molecule is O=C(NCCn1cc(Cl)cn1)c1ccccc1[N+](=O)[O-]. The molecule has 0 aliphatic heterocycles. The fourth-order valence-electron chi connectivity index (χ4n) is 1.66. The largest absolute Gasteiger partial charge is 0.350 e. The minimum absolute atomic E-state index is 0.0380. The average Bonchev–Trinajstić information content (AvgIpc) is 2.84. The Labute approximate surface area is 119 Å². The van der Waals surface area contributed by atoms with Gasteiger partial charge in [0.05, 0.1) is 22.7 Å². The zero-order valence-corrected chi connectivity index (χ0v) is 11.1. The zero-order valence-electron chi connectivity index (χ0n) is 10.3. The molecule has 2 aromatic rings. The van der Waals surface area contributed by atoms with Gasteiger partial charge in [-0.25, -0.2) is 0 Å². The minimum Gasteiger partial charge on any atom is -0.350 e. The number of carbonyl (C=O) groups excluding carboxylic acids is 1. The van der Waals surface area contributed by atoms with Crippen LogP contribution in [0.15, 0.2) is 36.7 Å². The Morgan fingerprint density at radius 3 is 2.85 bits per heavy atom. The first kappa shape index (κ1) is 14.0. The van der Waals surface area contributed by atoms with E-state index in [9.17, 15) is 14.9 Å². The zero-order chi connectivity index (χ0) is 14.5. The summed E-state index contributed by atoms with van der Waals surface area (Å²) in [6.45, 7) is 0.724. The number of hydrogen-bond donors (Lipinski definition) is 1. The third kappa shape index (κ3) is 3.33. The van der Waals surface area contributed by atoms with Gasteiger partial charge in [-0.1, -0.05) is 23.7 Å². The number of nitro benzene ring substituents is 1. The Kier molecular flexibility index (Phi) is 4.31. The molecule has 1 amide bonds. The first-order chi connectivity index (χ1) is 9.58. The fraction of sp³-hybridized carbons (Fsp3) is 0.167. The molecule has 0 saturated carbocycles. The van der Waals surface area contributed by atoms with Crippen molar-refractivity contribution in [3.8, 4) is 0 Å². The van der Waals surface area contributed by atoms with Crippen molar-refractivity contribution >= 4 is 23.2 Å². The molecule has 1 heterocycles. The van der Waals surface area contributed by atoms with E-state index < -0.39 is 10.8 Å². The Bertz CT molecular complexity index is 641. The Morgan fingerprint density at radius 2 is 2.20 bits per heavy atom. The maximum atomic E-state index is 11.9. The highest BCUT2D eigenvalue weighted by atomic mass is 35.5. The van der Waals surface area contributed by atoms with Gasteiger partial charge < -0.3 is 5.32 Å². The van der Waals surface area contributed by atoms with Gasteiger partial charge in [-0.15, -0.1) is 0 Å². The first-order valence-corrected chi connectivity index (χ1v) is 6.15. The van der Waals surface area contributed by atoms with Gasteiger partial charge in [0, 0.05) is 18.8 Å². The second-order valence-corrected chi connectivity index (χ2v) is 4.39. The molecule has 1 N–H and O–H groups in total. The number of para-hydroxylation sites is 1. The van der Waals surface area contributed by atoms with Crippen molar-refractivity contribution in [2.45, 2.75) is 6.54 Å². The van der Waals surface area contributed by atoms with E-state index in [0.717, 1.165) is 0 Å². The molecule has 1 aromatic carbocycles. The Morgan fingerprint density at radius 1 is 1.45 bits per heavy atom. The van der Waals surface area contributed by atoms with Crippen LogP contribution in [0.25, 0.3) is 0 Å². The number of halogens is 1. The van der Waals surface area contributed by atoms with Gasteiger partial charge in [0.1, 0.15) is 5.56 Å². The number of carbonyl (C=O) groups is 1. The lowest BCUT2D eigenvalue weighted by atomic mass is 10.1. The van der Waals surface area contributed by atoms with E-state index in [0.29, 0.717) is 18.1 Å². The lowest BCUT2D eigenvalue weighted by Crippen LogP contribution is -2.27. The maximum Gasteiger partial charge on any atom is 0.282 e. The molecule has 0 aliphatic carbocycles. The lowest BCUT2D eigenvalue weighted by Gasteiger charge is -2.05. The quantitative estimate of drug-likeness (QED) is 0.673. The maximum absolute atomic E-state index is 11.9. The van der Waals surface area contributed by atoms with Crippen LogP contribution in [0.2, 0.25) is 5.02 Å². The highest BCUT2D eigenvalue weighted by Crippen LogP contribution is 2.17. The number of nitro groups is 1. The van der Waals surface area contributed by atoms with E-state index in [-0.39, 0.29) is 11.3 Å². The summed E-state index contributed by atoms with van der Waals surface area (Å²) in [5.74, 6) is -0.490. The van der Waals surface area contributed by atoms with Crippen LogP contribution in [0.5, 0.6) is 0 Å². The van der Waals surface area contributed by atoms with E-state index in [4.69, 9.17) is 11.6 Å². The number of hydrogen-bond acceptors (Lipinski definition) is 4. The van der Waals surface area contributed by atoms with Crippen molar-refractivity contribution in [3.05, 3.63) is 57.4 Å². The molecule has 20 heavy (non-hydrogen) atoms. The molecule has 2 rings (SSSR count). The fourth-order valence-corrected chi connectivity index (χ4v) is 1.82. The number of nitrogens with one attached hydrogen (secondary N) is 1. The number of rotatable bonds is 5. The van der Waals surface area contributed by atoms with E-state index in [2.05, 4.69) is 10.4 Å². The molecule has 104 valence electrons. The highest BCUT2D eigenvalue weighted by molar-refractivity contribution is 6.30. The first-order valence-electron chi connectivity index (χ1n) is 5.77. The Hall–Kier alpha value is -2.41. The Balaban J connectivity index is 1.97. The second kappa shape index (κ2) is 6.16. The summed E-state index contributed by atoms with van der Waals surface area (Å²) in [5.41, 5.74) is -0.178. The number of nitrogens with zero attached hydrogens (tertiary/aromatic N) is 3. The van der Waals surface area contributed by atoms with Crippen molar-refractivity contribution in [2.24, 2.45) is 0 Å². The summed E-state index contributed by atoms with van der Waals surface area (Å²) in [4.78, 5) is 22.1. The molecule has 7 nitrogen and oxygen atoms in total. The van der Waals surface area contributed by atoms with Crippen LogP contribution in [-0.2, 0) is 6.54 Å². The summed E-state index contributed by atoms with van der Waals surface area (Å²) in [6.07, 6.45) is 3.12. The summed E-state index contributed by atoms with van der Waals surface area (Å²) in [6, 6.07) is 5.80. The molecule has 0 atom stereocenters. The number of benzene rings is 1. The summed E-state index contributed by atoms with van der Waals surface area (Å²) >= 11 is 5.71. The molecule has 8 heteroatoms. The number of aromatic nitrogens is 2. The predicted octanol–water partition coefficient (Wildman–Crippen LogP) is 1.87. The normalized spacial score (nSPS) is 10.2. The van der Waals surface area contributed by atoms with Gasteiger partial charge >= 0.3 is 0 Å². The number of amides is 1. The highest BCUT2D eigenvalue weighted by Gasteiger charge is 2.18. The van der Waals surface area contributed by atoms with Crippen molar-refractivity contribution in [2.75, 3.05) is 6.54 Å². The van der Waals surface area contributed by atoms with E-state index >= 15 is 0 Å². The topological polar surface area (TPSA) is 90.1 Å². The summed E-state index contributed by atoms with van der Waals surface area (Å²) in [7, 11) is 0. The monoisotopic (exact) mass is 294 g/mol. The van der Waals surface area contributed by atoms with Crippen LogP contribution >= 0.6 is 11.6 Å². The molecule has 0 fully saturated rings. The van der Waals surface area contributed by atoms with Crippen molar-refractivity contribution in [1.29, 1.82) is 0 Å². The average molecular weight is 295 g/mol. The van der Waals surface area contributed by atoms with Gasteiger partial charge in [0.2, 0.25) is 0 Å². The van der Waals surface area contributed by atoms with Crippen LogP contribution in [0.1, 0.15) is 10.4 Å².